The Morgan fingerprint density at radius 1 is 1.07 bits per heavy atom. The first-order valence-corrected chi connectivity index (χ1v) is 6.31. The van der Waals surface area contributed by atoms with Crippen LogP contribution in [-0.4, -0.2) is 17.2 Å². The minimum Gasteiger partial charge on any atom is -0.360 e. The average molecular weight is 210 g/mol. The summed E-state index contributed by atoms with van der Waals surface area (Å²) in [5.41, 5.74) is 0. The van der Waals surface area contributed by atoms with E-state index in [1.54, 1.807) is 0 Å². The van der Waals surface area contributed by atoms with Gasteiger partial charge in [-0.15, -0.1) is 0 Å². The molecule has 0 aliphatic heterocycles. The summed E-state index contributed by atoms with van der Waals surface area (Å²) in [4.78, 5) is 0. The zero-order chi connectivity index (χ0) is 9.54. The maximum atomic E-state index is 5.30. The summed E-state index contributed by atoms with van der Waals surface area (Å²) in [7, 11) is 0. The number of nitrogens with one attached hydrogen (secondary N) is 2. The highest BCUT2D eigenvalue weighted by Crippen LogP contribution is 2.49. The van der Waals surface area contributed by atoms with Crippen molar-refractivity contribution in [2.45, 2.75) is 50.6 Å². The van der Waals surface area contributed by atoms with Gasteiger partial charge in [0.2, 0.25) is 0 Å². The lowest BCUT2D eigenvalue weighted by atomic mass is 9.96. The third-order valence-corrected chi connectivity index (χ3v) is 4.05. The second-order valence-corrected chi connectivity index (χ2v) is 5.50. The molecule has 14 heavy (non-hydrogen) atoms. The molecule has 0 bridgehead atoms. The molecule has 3 fully saturated rings. The predicted octanol–water partition coefficient (Wildman–Crippen LogP) is 1.80. The predicted molar refractivity (Wildman–Crippen MR) is 61.1 cm³/mol. The van der Waals surface area contributed by atoms with Gasteiger partial charge in [-0.25, -0.2) is 0 Å². The molecule has 3 rings (SSSR count). The molecular formula is C11H18N2S. The van der Waals surface area contributed by atoms with E-state index < -0.39 is 0 Å². The Kier molecular flexibility index (Phi) is 2.15. The van der Waals surface area contributed by atoms with E-state index in [1.165, 1.54) is 38.5 Å². The van der Waals surface area contributed by atoms with Gasteiger partial charge in [-0.1, -0.05) is 12.8 Å². The second-order valence-electron chi connectivity index (χ2n) is 5.09. The lowest BCUT2D eigenvalue weighted by molar-refractivity contribution is 0.390. The quantitative estimate of drug-likeness (QED) is 0.680. The van der Waals surface area contributed by atoms with Gasteiger partial charge in [0.1, 0.15) is 0 Å². The highest BCUT2D eigenvalue weighted by atomic mass is 32.1. The summed E-state index contributed by atoms with van der Waals surface area (Å²) in [6, 6.07) is 1.38. The number of rotatable bonds is 2. The molecule has 0 aromatic carbocycles. The van der Waals surface area contributed by atoms with E-state index in [4.69, 9.17) is 12.2 Å². The summed E-state index contributed by atoms with van der Waals surface area (Å²) >= 11 is 5.30. The zero-order valence-corrected chi connectivity index (χ0v) is 9.28. The molecule has 2 nitrogen and oxygen atoms in total. The van der Waals surface area contributed by atoms with Crippen LogP contribution < -0.4 is 10.6 Å². The summed E-state index contributed by atoms with van der Waals surface area (Å²) in [5, 5.41) is 7.77. The molecule has 3 saturated carbocycles. The molecular weight excluding hydrogens is 192 g/mol. The van der Waals surface area contributed by atoms with Crippen molar-refractivity contribution in [3.05, 3.63) is 0 Å². The molecule has 0 spiro atoms. The van der Waals surface area contributed by atoms with Crippen LogP contribution >= 0.6 is 12.2 Å². The van der Waals surface area contributed by atoms with Gasteiger partial charge in [-0.3, -0.25) is 0 Å². The first kappa shape index (κ1) is 8.96. The topological polar surface area (TPSA) is 24.1 Å². The normalized spacial score (nSPS) is 39.9. The van der Waals surface area contributed by atoms with Crippen molar-refractivity contribution in [1.29, 1.82) is 0 Å². The molecule has 0 radical (unpaired) electrons. The third kappa shape index (κ3) is 1.88. The summed E-state index contributed by atoms with van der Waals surface area (Å²) in [5.74, 6) is 1.98. The molecule has 0 aromatic heterocycles. The van der Waals surface area contributed by atoms with E-state index in [0.29, 0.717) is 12.1 Å². The van der Waals surface area contributed by atoms with Crippen LogP contribution in [0.1, 0.15) is 38.5 Å². The molecule has 3 aliphatic rings. The van der Waals surface area contributed by atoms with E-state index in [-0.39, 0.29) is 0 Å². The lowest BCUT2D eigenvalue weighted by Crippen LogP contribution is -2.44. The van der Waals surface area contributed by atoms with E-state index in [1.807, 2.05) is 0 Å². The van der Waals surface area contributed by atoms with E-state index in [2.05, 4.69) is 10.6 Å². The Morgan fingerprint density at radius 3 is 2.71 bits per heavy atom. The molecule has 2 N–H and O–H groups in total. The van der Waals surface area contributed by atoms with Crippen molar-refractivity contribution in [3.63, 3.8) is 0 Å². The van der Waals surface area contributed by atoms with Gasteiger partial charge >= 0.3 is 0 Å². The Labute approximate surface area is 90.8 Å². The van der Waals surface area contributed by atoms with Crippen LogP contribution in [-0.2, 0) is 0 Å². The van der Waals surface area contributed by atoms with Crippen LogP contribution in [0.2, 0.25) is 0 Å². The summed E-state index contributed by atoms with van der Waals surface area (Å²) in [6.45, 7) is 0. The summed E-state index contributed by atoms with van der Waals surface area (Å²) < 4.78 is 0. The monoisotopic (exact) mass is 210 g/mol. The fraction of sp³-hybridized carbons (Fsp3) is 0.909. The van der Waals surface area contributed by atoms with Gasteiger partial charge in [0.05, 0.1) is 0 Å². The fourth-order valence-electron chi connectivity index (χ4n) is 2.71. The Bertz CT molecular complexity index is 250. The first-order valence-electron chi connectivity index (χ1n) is 5.90. The fourth-order valence-corrected chi connectivity index (χ4v) is 3.03. The van der Waals surface area contributed by atoms with Gasteiger partial charge < -0.3 is 10.6 Å². The van der Waals surface area contributed by atoms with E-state index in [0.717, 1.165) is 16.9 Å². The first-order chi connectivity index (χ1) is 6.83. The molecule has 0 heterocycles. The van der Waals surface area contributed by atoms with Crippen LogP contribution in [0, 0.1) is 11.8 Å². The number of fused-ring (bicyclic) bond motifs is 1. The minimum atomic E-state index is 0.687. The highest BCUT2D eigenvalue weighted by molar-refractivity contribution is 7.80. The standard InChI is InChI=1S/C11H18N2S/c14-11(12-8-4-5-8)13-10-3-1-2-7-6-9(7)10/h7-10H,1-6H2,(H2,12,13,14). The number of hydrogen-bond donors (Lipinski definition) is 2. The van der Waals surface area contributed by atoms with E-state index >= 15 is 0 Å². The van der Waals surface area contributed by atoms with Gasteiger partial charge in [-0.05, 0) is 49.7 Å². The molecule has 3 unspecified atom stereocenters. The third-order valence-electron chi connectivity index (χ3n) is 3.81. The van der Waals surface area contributed by atoms with Crippen LogP contribution in [0.4, 0.5) is 0 Å². The molecule has 3 aliphatic carbocycles. The molecule has 0 amide bonds. The van der Waals surface area contributed by atoms with Crippen molar-refractivity contribution in [1.82, 2.24) is 10.6 Å². The second kappa shape index (κ2) is 3.37. The number of thiocarbonyl (C=S) groups is 1. The van der Waals surface area contributed by atoms with Crippen LogP contribution in [0.15, 0.2) is 0 Å². The Balaban J connectivity index is 1.48. The van der Waals surface area contributed by atoms with Gasteiger partial charge in [0.25, 0.3) is 0 Å². The minimum absolute atomic E-state index is 0.687. The maximum Gasteiger partial charge on any atom is 0.166 e. The van der Waals surface area contributed by atoms with Crippen LogP contribution in [0.3, 0.4) is 0 Å². The summed E-state index contributed by atoms with van der Waals surface area (Å²) in [6.07, 6.45) is 8.24. The SMILES string of the molecule is S=C(NC1CC1)NC1CCCC2CC21. The molecule has 0 saturated heterocycles. The van der Waals surface area contributed by atoms with Gasteiger partial charge in [0.15, 0.2) is 5.11 Å². The van der Waals surface area contributed by atoms with Crippen LogP contribution in [0.5, 0.6) is 0 Å². The molecule has 78 valence electrons. The molecule has 3 atom stereocenters. The van der Waals surface area contributed by atoms with Crippen molar-refractivity contribution in [3.8, 4) is 0 Å². The molecule has 3 heteroatoms. The van der Waals surface area contributed by atoms with Crippen molar-refractivity contribution in [2.75, 3.05) is 0 Å². The largest absolute Gasteiger partial charge is 0.360 e. The van der Waals surface area contributed by atoms with Crippen molar-refractivity contribution >= 4 is 17.3 Å². The Hall–Kier alpha value is -0.310. The Morgan fingerprint density at radius 2 is 1.93 bits per heavy atom. The number of hydrogen-bond acceptors (Lipinski definition) is 1. The van der Waals surface area contributed by atoms with Crippen molar-refractivity contribution < 1.29 is 0 Å². The average Bonchev–Trinajstić information content (AvgIpc) is 2.96. The van der Waals surface area contributed by atoms with E-state index in [9.17, 15) is 0 Å². The zero-order valence-electron chi connectivity index (χ0n) is 8.46. The van der Waals surface area contributed by atoms with Gasteiger partial charge in [0, 0.05) is 12.1 Å². The lowest BCUT2D eigenvalue weighted by Gasteiger charge is -2.24. The maximum absolute atomic E-state index is 5.30. The van der Waals surface area contributed by atoms with Crippen molar-refractivity contribution in [2.24, 2.45) is 11.8 Å². The molecule has 0 aromatic rings. The highest BCUT2D eigenvalue weighted by Gasteiger charge is 2.45. The van der Waals surface area contributed by atoms with Gasteiger partial charge in [-0.2, -0.15) is 0 Å². The van der Waals surface area contributed by atoms with Crippen LogP contribution in [0.25, 0.3) is 0 Å². The smallest absolute Gasteiger partial charge is 0.166 e.